The molecule has 1 N–H and O–H groups in total. The van der Waals surface area contributed by atoms with E-state index < -0.39 is 10.8 Å². The zero-order valence-corrected chi connectivity index (χ0v) is 16.4. The molecule has 11 heteroatoms. The van der Waals surface area contributed by atoms with Crippen molar-refractivity contribution in [1.82, 2.24) is 30.5 Å². The van der Waals surface area contributed by atoms with E-state index in [1.54, 1.807) is 9.69 Å². The zero-order chi connectivity index (χ0) is 18.6. The minimum absolute atomic E-state index is 0.479. The molecule has 2 heterocycles. The predicted octanol–water partition coefficient (Wildman–Crippen LogP) is -1.13. The van der Waals surface area contributed by atoms with Crippen LogP contribution < -0.4 is 5.59 Å². The molecule has 0 amide bonds. The molecule has 0 atom stereocenters. The topological polar surface area (TPSA) is 94.0 Å². The van der Waals surface area contributed by atoms with Gasteiger partial charge in [0, 0.05) is 62.2 Å². The van der Waals surface area contributed by atoms with Crippen LogP contribution in [0.5, 0.6) is 0 Å². The molecule has 0 unspecified atom stereocenters. The molecule has 0 saturated carbocycles. The lowest BCUT2D eigenvalue weighted by Gasteiger charge is -2.24. The Bertz CT molecular complexity index is 520. The summed E-state index contributed by atoms with van der Waals surface area (Å²) < 4.78 is 24.1. The van der Waals surface area contributed by atoms with E-state index in [9.17, 15) is 4.21 Å². The summed E-state index contributed by atoms with van der Waals surface area (Å²) in [6.45, 7) is 5.76. The molecule has 150 valence electrons. The van der Waals surface area contributed by atoms with Crippen molar-refractivity contribution in [2.45, 2.75) is 13.1 Å². The van der Waals surface area contributed by atoms with Crippen LogP contribution in [0.2, 0.25) is 0 Å². The molecular weight excluding hydrogens is 360 g/mol. The molecule has 0 aromatic carbocycles. The molecule has 1 aromatic heterocycles. The largest absolute Gasteiger partial charge is 0.377 e. The van der Waals surface area contributed by atoms with Gasteiger partial charge in [-0.2, -0.15) is 0 Å². The molecule has 1 aliphatic heterocycles. The molecule has 0 spiro atoms. The minimum Gasteiger partial charge on any atom is -0.377 e. The summed E-state index contributed by atoms with van der Waals surface area (Å²) in [4.78, 5) is 7.38. The fraction of sp³-hybridized carbons (Fsp3) is 0.867. The number of hydrogen-bond acceptors (Lipinski definition) is 9. The van der Waals surface area contributed by atoms with Crippen LogP contribution in [0.3, 0.4) is 0 Å². The fourth-order valence-corrected chi connectivity index (χ4v) is 3.47. The summed E-state index contributed by atoms with van der Waals surface area (Å²) in [5.74, 6) is 1.50. The molecule has 26 heavy (non-hydrogen) atoms. The van der Waals surface area contributed by atoms with Crippen LogP contribution >= 0.6 is 0 Å². The lowest BCUT2D eigenvalue weighted by molar-refractivity contribution is -0.0816. The van der Waals surface area contributed by atoms with Gasteiger partial charge in [-0.25, -0.2) is 9.69 Å². The van der Waals surface area contributed by atoms with Crippen molar-refractivity contribution < 1.29 is 18.5 Å². The van der Waals surface area contributed by atoms with Gasteiger partial charge in [-0.3, -0.25) is 13.9 Å². The molecule has 2 rings (SSSR count). The summed E-state index contributed by atoms with van der Waals surface area (Å²) in [5, 5.41) is 10.0. The Balaban J connectivity index is 1.46. The first-order valence-electron chi connectivity index (χ1n) is 8.80. The Labute approximate surface area is 157 Å². The molecule has 1 aliphatic rings. The quantitative estimate of drug-likeness (QED) is 0.332. The summed E-state index contributed by atoms with van der Waals surface area (Å²) in [7, 11) is 3.05. The first-order chi connectivity index (χ1) is 12.6. The third kappa shape index (κ3) is 9.12. The fourth-order valence-electron chi connectivity index (χ4n) is 2.34. The molecule has 1 saturated heterocycles. The number of aromatic nitrogens is 3. The van der Waals surface area contributed by atoms with E-state index in [2.05, 4.69) is 20.8 Å². The van der Waals surface area contributed by atoms with Gasteiger partial charge in [0.1, 0.15) is 0 Å². The van der Waals surface area contributed by atoms with E-state index in [0.29, 0.717) is 39.6 Å². The van der Waals surface area contributed by atoms with Crippen molar-refractivity contribution in [2.75, 3.05) is 71.7 Å². The van der Waals surface area contributed by atoms with Gasteiger partial charge in [-0.1, -0.05) is 5.21 Å². The highest BCUT2D eigenvalue weighted by Gasteiger charge is 2.16. The average molecular weight is 391 g/mol. The Hall–Kier alpha value is -0.950. The van der Waals surface area contributed by atoms with Gasteiger partial charge in [0.25, 0.3) is 0 Å². The van der Waals surface area contributed by atoms with Crippen molar-refractivity contribution in [3.05, 3.63) is 11.9 Å². The van der Waals surface area contributed by atoms with Gasteiger partial charge in [-0.15, -0.1) is 10.7 Å². The monoisotopic (exact) mass is 390 g/mol. The Kier molecular flexibility index (Phi) is 10.2. The normalized spacial score (nSPS) is 16.6. The summed E-state index contributed by atoms with van der Waals surface area (Å²) in [5.41, 5.74) is 3.63. The molecule has 0 bridgehead atoms. The minimum atomic E-state index is -0.647. The molecular formula is C15H30N6O4S. The van der Waals surface area contributed by atoms with Gasteiger partial charge in [0.15, 0.2) is 0 Å². The van der Waals surface area contributed by atoms with Crippen molar-refractivity contribution in [3.8, 4) is 0 Å². The molecule has 1 fully saturated rings. The first kappa shape index (κ1) is 21.4. The van der Waals surface area contributed by atoms with Crippen molar-refractivity contribution in [3.63, 3.8) is 0 Å². The van der Waals surface area contributed by atoms with E-state index >= 15 is 0 Å². The Morgan fingerprint density at radius 2 is 1.85 bits per heavy atom. The molecule has 10 nitrogen and oxygen atoms in total. The maximum Gasteiger partial charge on any atom is 0.0967 e. The van der Waals surface area contributed by atoms with Crippen LogP contribution in [0.1, 0.15) is 5.69 Å². The van der Waals surface area contributed by atoms with Gasteiger partial charge < -0.3 is 9.47 Å². The lowest BCUT2D eigenvalue weighted by atomic mass is 10.4. The third-order valence-electron chi connectivity index (χ3n) is 3.66. The average Bonchev–Trinajstić information content (AvgIpc) is 3.05. The third-order valence-corrected chi connectivity index (χ3v) is 4.93. The van der Waals surface area contributed by atoms with Crippen LogP contribution in [-0.4, -0.2) is 101 Å². The number of nitrogens with zero attached hydrogens (tertiary/aromatic N) is 5. The van der Waals surface area contributed by atoms with Crippen LogP contribution in [0.4, 0.5) is 0 Å². The zero-order valence-electron chi connectivity index (χ0n) is 15.6. The first-order valence-corrected chi connectivity index (χ1v) is 10.3. The van der Waals surface area contributed by atoms with Gasteiger partial charge in [-0.05, 0) is 0 Å². The summed E-state index contributed by atoms with van der Waals surface area (Å²) in [6, 6.07) is 0. The molecule has 0 radical (unpaired) electrons. The second kappa shape index (κ2) is 12.4. The smallest absolute Gasteiger partial charge is 0.0967 e. The number of hydrazine groups is 1. The Morgan fingerprint density at radius 1 is 1.15 bits per heavy atom. The standard InChI is InChI=1S/C15H30N6O4S/c1-19(2)18-25-10-9-24-8-7-23-6-3-21-14-15(16-17-21)13-20-4-11-26(22)12-5-20/h14,18H,3-13H2,1-2H3. The van der Waals surface area contributed by atoms with E-state index in [1.165, 1.54) is 0 Å². The summed E-state index contributed by atoms with van der Waals surface area (Å²) in [6.07, 6.45) is 1.94. The van der Waals surface area contributed by atoms with Crippen molar-refractivity contribution in [1.29, 1.82) is 0 Å². The molecule has 1 aromatic rings. The van der Waals surface area contributed by atoms with Crippen LogP contribution in [0.25, 0.3) is 0 Å². The number of nitrogens with one attached hydrogen (secondary N) is 1. The van der Waals surface area contributed by atoms with Gasteiger partial charge in [0.05, 0.1) is 45.3 Å². The van der Waals surface area contributed by atoms with Crippen molar-refractivity contribution in [2.24, 2.45) is 0 Å². The maximum atomic E-state index is 11.4. The van der Waals surface area contributed by atoms with E-state index in [-0.39, 0.29) is 0 Å². The highest BCUT2D eigenvalue weighted by molar-refractivity contribution is 7.85. The molecule has 0 aliphatic carbocycles. The number of hydrogen-bond donors (Lipinski definition) is 1. The van der Waals surface area contributed by atoms with Gasteiger partial charge in [0.2, 0.25) is 0 Å². The highest BCUT2D eigenvalue weighted by atomic mass is 32.2. The van der Waals surface area contributed by atoms with Crippen LogP contribution in [-0.2, 0) is 38.2 Å². The van der Waals surface area contributed by atoms with Crippen molar-refractivity contribution >= 4 is 10.8 Å². The second-order valence-corrected chi connectivity index (χ2v) is 7.85. The van der Waals surface area contributed by atoms with E-state index in [0.717, 1.165) is 36.8 Å². The number of ether oxygens (including phenoxy) is 2. The van der Waals surface area contributed by atoms with E-state index in [4.69, 9.17) is 14.3 Å². The lowest BCUT2D eigenvalue weighted by Crippen LogP contribution is -2.37. The summed E-state index contributed by atoms with van der Waals surface area (Å²) >= 11 is 0. The second-order valence-electron chi connectivity index (χ2n) is 6.16. The predicted molar refractivity (Wildman–Crippen MR) is 97.6 cm³/mol. The highest BCUT2D eigenvalue weighted by Crippen LogP contribution is 2.05. The SMILES string of the molecule is CN(C)NOCCOCCOCCn1cc(CN2CCS(=O)CC2)nn1. The maximum absolute atomic E-state index is 11.4. The van der Waals surface area contributed by atoms with Crippen LogP contribution in [0, 0.1) is 0 Å². The van der Waals surface area contributed by atoms with Gasteiger partial charge >= 0.3 is 0 Å². The Morgan fingerprint density at radius 3 is 2.58 bits per heavy atom. The van der Waals surface area contributed by atoms with E-state index in [1.807, 2.05) is 20.3 Å². The van der Waals surface area contributed by atoms with Crippen LogP contribution in [0.15, 0.2) is 6.20 Å². The number of rotatable bonds is 13.